The zero-order valence-electron chi connectivity index (χ0n) is 7.18. The van der Waals surface area contributed by atoms with Crippen molar-refractivity contribution >= 4 is 0 Å². The molecule has 1 saturated carbocycles. The topological polar surface area (TPSA) is 21.3 Å². The third kappa shape index (κ3) is 1.57. The first-order valence-corrected chi connectivity index (χ1v) is 4.70. The molecule has 2 nitrogen and oxygen atoms in total. The van der Waals surface area contributed by atoms with E-state index in [0.29, 0.717) is 12.1 Å². The highest BCUT2D eigenvalue weighted by Gasteiger charge is 2.37. The Bertz CT molecular complexity index is 128. The summed E-state index contributed by atoms with van der Waals surface area (Å²) in [5.41, 5.74) is 0. The highest BCUT2D eigenvalue weighted by Crippen LogP contribution is 2.36. The molecule has 1 aliphatic carbocycles. The van der Waals surface area contributed by atoms with Gasteiger partial charge in [-0.15, -0.1) is 0 Å². The molecular weight excluding hydrogens is 138 g/mol. The lowest BCUT2D eigenvalue weighted by Gasteiger charge is -2.21. The van der Waals surface area contributed by atoms with Crippen molar-refractivity contribution in [2.45, 2.75) is 37.8 Å². The molecule has 11 heavy (non-hydrogen) atoms. The summed E-state index contributed by atoms with van der Waals surface area (Å²) in [5.74, 6) is 0.920. The van der Waals surface area contributed by atoms with Gasteiger partial charge in [0.05, 0.1) is 6.10 Å². The zero-order valence-corrected chi connectivity index (χ0v) is 7.18. The van der Waals surface area contributed by atoms with Gasteiger partial charge in [0.1, 0.15) is 0 Å². The third-order valence-electron chi connectivity index (χ3n) is 2.83. The maximum absolute atomic E-state index is 5.64. The number of rotatable bonds is 3. The van der Waals surface area contributed by atoms with Gasteiger partial charge in [-0.05, 0) is 38.6 Å². The molecule has 64 valence electrons. The molecule has 2 aliphatic rings. The molecule has 2 fully saturated rings. The van der Waals surface area contributed by atoms with Crippen LogP contribution in [0.1, 0.15) is 25.7 Å². The Kier molecular flexibility index (Phi) is 2.14. The average Bonchev–Trinajstić information content (AvgIpc) is 2.68. The van der Waals surface area contributed by atoms with E-state index in [4.69, 9.17) is 4.74 Å². The van der Waals surface area contributed by atoms with Crippen LogP contribution in [0.2, 0.25) is 0 Å². The highest BCUT2D eigenvalue weighted by molar-refractivity contribution is 4.92. The average molecular weight is 155 g/mol. The SMILES string of the molecule is CNC(C1CC1)C1CCCO1. The van der Waals surface area contributed by atoms with Crippen LogP contribution >= 0.6 is 0 Å². The third-order valence-corrected chi connectivity index (χ3v) is 2.83. The van der Waals surface area contributed by atoms with Crippen molar-refractivity contribution in [3.63, 3.8) is 0 Å². The van der Waals surface area contributed by atoms with Gasteiger partial charge in [0.25, 0.3) is 0 Å². The van der Waals surface area contributed by atoms with Gasteiger partial charge in [-0.25, -0.2) is 0 Å². The normalized spacial score (nSPS) is 34.1. The Morgan fingerprint density at radius 2 is 2.18 bits per heavy atom. The second kappa shape index (κ2) is 3.11. The number of nitrogens with one attached hydrogen (secondary N) is 1. The largest absolute Gasteiger partial charge is 0.377 e. The number of likely N-dealkylation sites (N-methyl/N-ethyl adjacent to an activating group) is 1. The van der Waals surface area contributed by atoms with Gasteiger partial charge in [-0.1, -0.05) is 0 Å². The first-order valence-electron chi connectivity index (χ1n) is 4.70. The second-order valence-electron chi connectivity index (χ2n) is 3.70. The first-order chi connectivity index (χ1) is 5.42. The van der Waals surface area contributed by atoms with E-state index < -0.39 is 0 Å². The second-order valence-corrected chi connectivity index (χ2v) is 3.70. The fourth-order valence-corrected chi connectivity index (χ4v) is 2.07. The predicted molar refractivity (Wildman–Crippen MR) is 44.5 cm³/mol. The monoisotopic (exact) mass is 155 g/mol. The molecule has 0 spiro atoms. The number of hydrogen-bond donors (Lipinski definition) is 1. The standard InChI is InChI=1S/C9H17NO/c1-10-9(7-4-5-7)8-3-2-6-11-8/h7-10H,2-6H2,1H3. The van der Waals surface area contributed by atoms with Crippen LogP contribution in [0.4, 0.5) is 0 Å². The summed E-state index contributed by atoms with van der Waals surface area (Å²) in [6.45, 7) is 0.982. The van der Waals surface area contributed by atoms with Gasteiger partial charge in [0.15, 0.2) is 0 Å². The molecule has 1 heterocycles. The van der Waals surface area contributed by atoms with Gasteiger partial charge in [-0.2, -0.15) is 0 Å². The van der Waals surface area contributed by atoms with Crippen molar-refractivity contribution < 1.29 is 4.74 Å². The van der Waals surface area contributed by atoms with Crippen LogP contribution in [0.15, 0.2) is 0 Å². The molecule has 1 aliphatic heterocycles. The Hall–Kier alpha value is -0.0800. The summed E-state index contributed by atoms with van der Waals surface area (Å²) in [5, 5.41) is 3.38. The minimum Gasteiger partial charge on any atom is -0.377 e. The molecule has 1 N–H and O–H groups in total. The Labute approximate surface area is 68.3 Å². The number of ether oxygens (including phenoxy) is 1. The van der Waals surface area contributed by atoms with Crippen molar-refractivity contribution in [1.82, 2.24) is 5.32 Å². The highest BCUT2D eigenvalue weighted by atomic mass is 16.5. The molecule has 2 atom stereocenters. The summed E-state index contributed by atoms with van der Waals surface area (Å²) in [4.78, 5) is 0. The van der Waals surface area contributed by atoms with E-state index in [1.165, 1.54) is 25.7 Å². The van der Waals surface area contributed by atoms with Crippen LogP contribution in [0.25, 0.3) is 0 Å². The summed E-state index contributed by atoms with van der Waals surface area (Å²) in [6.07, 6.45) is 5.86. The minimum atomic E-state index is 0.521. The summed E-state index contributed by atoms with van der Waals surface area (Å²) >= 11 is 0. The van der Waals surface area contributed by atoms with E-state index in [-0.39, 0.29) is 0 Å². The van der Waals surface area contributed by atoms with Gasteiger partial charge < -0.3 is 10.1 Å². The Balaban J connectivity index is 1.87. The fraction of sp³-hybridized carbons (Fsp3) is 1.00. The number of hydrogen-bond acceptors (Lipinski definition) is 2. The quantitative estimate of drug-likeness (QED) is 0.660. The molecule has 0 aromatic rings. The van der Waals surface area contributed by atoms with E-state index >= 15 is 0 Å². The lowest BCUT2D eigenvalue weighted by molar-refractivity contribution is 0.0740. The van der Waals surface area contributed by atoms with Crippen LogP contribution in [-0.4, -0.2) is 25.8 Å². The lowest BCUT2D eigenvalue weighted by Crippen LogP contribution is -2.38. The Morgan fingerprint density at radius 3 is 2.64 bits per heavy atom. The van der Waals surface area contributed by atoms with Crippen LogP contribution < -0.4 is 5.32 Å². The van der Waals surface area contributed by atoms with Gasteiger partial charge in [-0.3, -0.25) is 0 Å². The molecule has 0 aromatic carbocycles. The predicted octanol–water partition coefficient (Wildman–Crippen LogP) is 1.16. The summed E-state index contributed by atoms with van der Waals surface area (Å²) in [7, 11) is 2.06. The molecule has 0 bridgehead atoms. The van der Waals surface area contributed by atoms with Crippen molar-refractivity contribution in [2.75, 3.05) is 13.7 Å². The zero-order chi connectivity index (χ0) is 7.68. The van der Waals surface area contributed by atoms with Crippen molar-refractivity contribution in [1.29, 1.82) is 0 Å². The van der Waals surface area contributed by atoms with Gasteiger partial charge >= 0.3 is 0 Å². The van der Waals surface area contributed by atoms with Crippen LogP contribution in [-0.2, 0) is 4.74 Å². The van der Waals surface area contributed by atoms with E-state index in [0.717, 1.165) is 12.5 Å². The van der Waals surface area contributed by atoms with Crippen LogP contribution in [0, 0.1) is 5.92 Å². The van der Waals surface area contributed by atoms with Gasteiger partial charge in [0, 0.05) is 12.6 Å². The molecule has 2 heteroatoms. The van der Waals surface area contributed by atoms with Crippen LogP contribution in [0.5, 0.6) is 0 Å². The maximum atomic E-state index is 5.64. The van der Waals surface area contributed by atoms with Gasteiger partial charge in [0.2, 0.25) is 0 Å². The molecule has 0 radical (unpaired) electrons. The summed E-state index contributed by atoms with van der Waals surface area (Å²) < 4.78 is 5.64. The Morgan fingerprint density at radius 1 is 1.36 bits per heavy atom. The van der Waals surface area contributed by atoms with Crippen molar-refractivity contribution in [2.24, 2.45) is 5.92 Å². The van der Waals surface area contributed by atoms with E-state index in [1.807, 2.05) is 0 Å². The maximum Gasteiger partial charge on any atom is 0.0731 e. The fourth-order valence-electron chi connectivity index (χ4n) is 2.07. The van der Waals surface area contributed by atoms with E-state index in [9.17, 15) is 0 Å². The summed E-state index contributed by atoms with van der Waals surface area (Å²) in [6, 6.07) is 0.650. The lowest BCUT2D eigenvalue weighted by atomic mass is 10.0. The van der Waals surface area contributed by atoms with Crippen molar-refractivity contribution in [3.05, 3.63) is 0 Å². The molecule has 1 saturated heterocycles. The van der Waals surface area contributed by atoms with E-state index in [1.54, 1.807) is 0 Å². The van der Waals surface area contributed by atoms with Crippen LogP contribution in [0.3, 0.4) is 0 Å². The smallest absolute Gasteiger partial charge is 0.0731 e. The molecule has 2 unspecified atom stereocenters. The molecule has 2 rings (SSSR count). The molecule has 0 aromatic heterocycles. The van der Waals surface area contributed by atoms with Crippen molar-refractivity contribution in [3.8, 4) is 0 Å². The van der Waals surface area contributed by atoms with E-state index in [2.05, 4.69) is 12.4 Å². The minimum absolute atomic E-state index is 0.521. The molecule has 0 amide bonds. The molecular formula is C9H17NO. The first kappa shape index (κ1) is 7.56.